The molecule has 1 aliphatic rings. The van der Waals surface area contributed by atoms with Crippen LogP contribution in [-0.2, 0) is 0 Å². The van der Waals surface area contributed by atoms with Crippen LogP contribution in [0.2, 0.25) is 0 Å². The first-order valence-corrected chi connectivity index (χ1v) is 5.91. The average Bonchev–Trinajstić information content (AvgIpc) is 2.27. The summed E-state index contributed by atoms with van der Waals surface area (Å²) in [6.07, 6.45) is 2.36. The molecule has 0 radical (unpaired) electrons. The summed E-state index contributed by atoms with van der Waals surface area (Å²) in [7, 11) is 2.18. The van der Waals surface area contributed by atoms with Gasteiger partial charge in [-0.15, -0.1) is 0 Å². The number of benzene rings is 1. The Labute approximate surface area is 97.1 Å². The summed E-state index contributed by atoms with van der Waals surface area (Å²) in [6, 6.07) is 8.50. The first kappa shape index (κ1) is 11.3. The summed E-state index contributed by atoms with van der Waals surface area (Å²) >= 11 is 0. The molecule has 3 heteroatoms. The molecule has 88 valence electrons. The van der Waals surface area contributed by atoms with Gasteiger partial charge in [0.25, 0.3) is 0 Å². The van der Waals surface area contributed by atoms with E-state index >= 15 is 0 Å². The molecule has 1 aliphatic heterocycles. The Morgan fingerprint density at radius 2 is 2.00 bits per heavy atom. The molecule has 0 aromatic heterocycles. The summed E-state index contributed by atoms with van der Waals surface area (Å²) in [4.78, 5) is 2.40. The molecule has 2 N–H and O–H groups in total. The molecule has 2 atom stereocenters. The Balaban J connectivity index is 1.93. The second-order valence-electron chi connectivity index (χ2n) is 4.74. The highest BCUT2D eigenvalue weighted by Gasteiger charge is 2.22. The lowest BCUT2D eigenvalue weighted by atomic mass is 9.99. The van der Waals surface area contributed by atoms with E-state index < -0.39 is 0 Å². The van der Waals surface area contributed by atoms with Crippen molar-refractivity contribution in [1.29, 1.82) is 0 Å². The third-order valence-electron chi connectivity index (χ3n) is 3.45. The molecule has 0 saturated carbocycles. The van der Waals surface area contributed by atoms with Crippen LogP contribution >= 0.6 is 0 Å². The Bertz CT molecular complexity index is 336. The van der Waals surface area contributed by atoms with Gasteiger partial charge in [-0.1, -0.05) is 0 Å². The Kier molecular flexibility index (Phi) is 3.34. The van der Waals surface area contributed by atoms with E-state index in [-0.39, 0.29) is 0 Å². The van der Waals surface area contributed by atoms with Gasteiger partial charge in [0, 0.05) is 24.3 Å². The van der Waals surface area contributed by atoms with E-state index in [0.717, 1.165) is 12.2 Å². The van der Waals surface area contributed by atoms with E-state index in [1.54, 1.807) is 12.1 Å². The van der Waals surface area contributed by atoms with Crippen molar-refractivity contribution in [3.63, 3.8) is 0 Å². The quantitative estimate of drug-likeness (QED) is 0.751. The van der Waals surface area contributed by atoms with Gasteiger partial charge in [-0.3, -0.25) is 0 Å². The number of piperidine rings is 1. The zero-order chi connectivity index (χ0) is 11.5. The largest absolute Gasteiger partial charge is 0.508 e. The van der Waals surface area contributed by atoms with Crippen molar-refractivity contribution in [3.8, 4) is 5.75 Å². The van der Waals surface area contributed by atoms with Crippen molar-refractivity contribution < 1.29 is 5.11 Å². The highest BCUT2D eigenvalue weighted by Crippen LogP contribution is 2.21. The Morgan fingerprint density at radius 1 is 1.31 bits per heavy atom. The minimum atomic E-state index is 0.322. The standard InChI is InChI=1S/C13H20N2O/c1-10-9-12(7-8-15(10)2)14-11-3-5-13(16)6-4-11/h3-6,10,12,14,16H,7-9H2,1-2H3. The Morgan fingerprint density at radius 3 is 2.62 bits per heavy atom. The number of likely N-dealkylation sites (tertiary alicyclic amines) is 1. The molecule has 2 unspecified atom stereocenters. The number of hydrogen-bond acceptors (Lipinski definition) is 3. The number of anilines is 1. The predicted octanol–water partition coefficient (Wildman–Crippen LogP) is 2.29. The minimum Gasteiger partial charge on any atom is -0.508 e. The van der Waals surface area contributed by atoms with Crippen LogP contribution in [0.5, 0.6) is 5.75 Å². The summed E-state index contributed by atoms with van der Waals surface area (Å²) in [5.41, 5.74) is 1.10. The smallest absolute Gasteiger partial charge is 0.115 e. The number of phenolic OH excluding ortho intramolecular Hbond substituents is 1. The molecular formula is C13H20N2O. The summed E-state index contributed by atoms with van der Waals surface area (Å²) in [6.45, 7) is 3.42. The van der Waals surface area contributed by atoms with Gasteiger partial charge in [0.2, 0.25) is 0 Å². The molecule has 0 amide bonds. The predicted molar refractivity (Wildman–Crippen MR) is 66.8 cm³/mol. The van der Waals surface area contributed by atoms with Crippen molar-refractivity contribution in [2.75, 3.05) is 18.9 Å². The van der Waals surface area contributed by atoms with E-state index in [2.05, 4.69) is 24.2 Å². The second-order valence-corrected chi connectivity index (χ2v) is 4.74. The number of aromatic hydroxyl groups is 1. The highest BCUT2D eigenvalue weighted by molar-refractivity contribution is 5.46. The fourth-order valence-electron chi connectivity index (χ4n) is 2.21. The number of nitrogens with one attached hydrogen (secondary N) is 1. The average molecular weight is 220 g/mol. The lowest BCUT2D eigenvalue weighted by Crippen LogP contribution is -2.42. The number of phenols is 1. The molecule has 1 aromatic carbocycles. The van der Waals surface area contributed by atoms with E-state index in [0.29, 0.717) is 17.8 Å². The molecule has 0 aliphatic carbocycles. The Hall–Kier alpha value is -1.22. The summed E-state index contributed by atoms with van der Waals surface area (Å²) in [5, 5.41) is 12.7. The van der Waals surface area contributed by atoms with Crippen LogP contribution in [0.3, 0.4) is 0 Å². The highest BCUT2D eigenvalue weighted by atomic mass is 16.3. The molecule has 0 spiro atoms. The van der Waals surface area contributed by atoms with Gasteiger partial charge in [0.05, 0.1) is 0 Å². The molecule has 1 heterocycles. The zero-order valence-corrected chi connectivity index (χ0v) is 9.98. The van der Waals surface area contributed by atoms with E-state index in [1.165, 1.54) is 12.8 Å². The molecule has 0 bridgehead atoms. The molecule has 2 rings (SSSR count). The topological polar surface area (TPSA) is 35.5 Å². The van der Waals surface area contributed by atoms with Crippen LogP contribution < -0.4 is 5.32 Å². The van der Waals surface area contributed by atoms with Gasteiger partial charge in [-0.05, 0) is 51.1 Å². The van der Waals surface area contributed by atoms with Crippen molar-refractivity contribution >= 4 is 5.69 Å². The van der Waals surface area contributed by atoms with Crippen LogP contribution in [-0.4, -0.2) is 35.7 Å². The van der Waals surface area contributed by atoms with E-state index in [1.807, 2.05) is 12.1 Å². The monoisotopic (exact) mass is 220 g/mol. The van der Waals surface area contributed by atoms with Crippen molar-refractivity contribution in [2.24, 2.45) is 0 Å². The lowest BCUT2D eigenvalue weighted by molar-refractivity contribution is 0.190. The van der Waals surface area contributed by atoms with Gasteiger partial charge in [0.1, 0.15) is 5.75 Å². The number of hydrogen-bond donors (Lipinski definition) is 2. The first-order chi connectivity index (χ1) is 7.65. The van der Waals surface area contributed by atoms with Gasteiger partial charge in [-0.25, -0.2) is 0 Å². The van der Waals surface area contributed by atoms with Crippen LogP contribution in [0.15, 0.2) is 24.3 Å². The lowest BCUT2D eigenvalue weighted by Gasteiger charge is -2.35. The third kappa shape index (κ3) is 2.67. The molecule has 3 nitrogen and oxygen atoms in total. The zero-order valence-electron chi connectivity index (χ0n) is 9.98. The molecule has 1 aromatic rings. The van der Waals surface area contributed by atoms with Gasteiger partial charge < -0.3 is 15.3 Å². The number of rotatable bonds is 2. The maximum absolute atomic E-state index is 9.20. The fraction of sp³-hybridized carbons (Fsp3) is 0.538. The molecular weight excluding hydrogens is 200 g/mol. The van der Waals surface area contributed by atoms with Gasteiger partial charge in [-0.2, -0.15) is 0 Å². The van der Waals surface area contributed by atoms with Crippen LogP contribution in [0.4, 0.5) is 5.69 Å². The van der Waals surface area contributed by atoms with Crippen molar-refractivity contribution in [2.45, 2.75) is 31.8 Å². The molecule has 1 fully saturated rings. The van der Waals surface area contributed by atoms with E-state index in [9.17, 15) is 5.11 Å². The van der Waals surface area contributed by atoms with Gasteiger partial charge >= 0.3 is 0 Å². The molecule has 16 heavy (non-hydrogen) atoms. The summed E-state index contributed by atoms with van der Waals surface area (Å²) in [5.74, 6) is 0.322. The van der Waals surface area contributed by atoms with Crippen molar-refractivity contribution in [3.05, 3.63) is 24.3 Å². The first-order valence-electron chi connectivity index (χ1n) is 5.91. The minimum absolute atomic E-state index is 0.322. The maximum atomic E-state index is 9.20. The normalized spacial score (nSPS) is 26.6. The molecule has 1 saturated heterocycles. The third-order valence-corrected chi connectivity index (χ3v) is 3.45. The maximum Gasteiger partial charge on any atom is 0.115 e. The van der Waals surface area contributed by atoms with Crippen LogP contribution in [0.25, 0.3) is 0 Å². The summed E-state index contributed by atoms with van der Waals surface area (Å²) < 4.78 is 0. The van der Waals surface area contributed by atoms with Crippen LogP contribution in [0, 0.1) is 0 Å². The second kappa shape index (κ2) is 4.74. The fourth-order valence-corrected chi connectivity index (χ4v) is 2.21. The van der Waals surface area contributed by atoms with Gasteiger partial charge in [0.15, 0.2) is 0 Å². The van der Waals surface area contributed by atoms with Crippen LogP contribution in [0.1, 0.15) is 19.8 Å². The number of nitrogens with zero attached hydrogens (tertiary/aromatic N) is 1. The van der Waals surface area contributed by atoms with Crippen molar-refractivity contribution in [1.82, 2.24) is 4.90 Å². The van der Waals surface area contributed by atoms with E-state index in [4.69, 9.17) is 0 Å². The SMILES string of the molecule is CC1CC(Nc2ccc(O)cc2)CCN1C.